The van der Waals surface area contributed by atoms with Gasteiger partial charge in [0.15, 0.2) is 11.0 Å². The van der Waals surface area contributed by atoms with Crippen LogP contribution in [0.3, 0.4) is 0 Å². The number of nitrogens with zero attached hydrogens (tertiary/aromatic N) is 2. The van der Waals surface area contributed by atoms with Crippen LogP contribution in [0.5, 0.6) is 0 Å². The molecule has 1 aromatic carbocycles. The van der Waals surface area contributed by atoms with Crippen LogP contribution in [0.4, 0.5) is 0 Å². The predicted octanol–water partition coefficient (Wildman–Crippen LogP) is 3.00. The van der Waals surface area contributed by atoms with Crippen LogP contribution in [-0.2, 0) is 17.5 Å². The van der Waals surface area contributed by atoms with E-state index in [0.717, 1.165) is 21.7 Å². The molecule has 6 heteroatoms. The van der Waals surface area contributed by atoms with Crippen LogP contribution < -0.4 is 5.32 Å². The molecule has 1 amide bonds. The molecule has 2 aromatic heterocycles. The number of aryl methyl sites for hydroxylation is 2. The molecule has 25 heavy (non-hydrogen) atoms. The van der Waals surface area contributed by atoms with E-state index in [1.165, 1.54) is 0 Å². The van der Waals surface area contributed by atoms with Crippen molar-refractivity contribution < 1.29 is 9.00 Å². The van der Waals surface area contributed by atoms with Crippen molar-refractivity contribution >= 4 is 16.9 Å². The monoisotopic (exact) mass is 353 g/mol. The molecule has 0 saturated heterocycles. The molecule has 0 radical (unpaired) electrons. The third-order valence-electron chi connectivity index (χ3n) is 3.81. The minimum Gasteiger partial charge on any atom is -0.346 e. The maximum atomic E-state index is 12.6. The maximum absolute atomic E-state index is 12.6. The summed E-state index contributed by atoms with van der Waals surface area (Å²) in [5.74, 6) is -0.220. The second kappa shape index (κ2) is 7.44. The Labute approximate surface area is 149 Å². The Morgan fingerprint density at radius 2 is 1.96 bits per heavy atom. The van der Waals surface area contributed by atoms with Gasteiger partial charge in [0.2, 0.25) is 0 Å². The van der Waals surface area contributed by atoms with E-state index in [4.69, 9.17) is 0 Å². The molecule has 3 rings (SSSR count). The van der Waals surface area contributed by atoms with E-state index in [9.17, 15) is 9.00 Å². The third-order valence-corrected chi connectivity index (χ3v) is 5.25. The molecule has 0 spiro atoms. The summed E-state index contributed by atoms with van der Waals surface area (Å²) in [6.07, 6.45) is 5.02. The average molecular weight is 353 g/mol. The normalized spacial score (nSPS) is 11.9. The number of pyridine rings is 1. The number of amides is 1. The van der Waals surface area contributed by atoms with Crippen molar-refractivity contribution in [3.63, 3.8) is 0 Å². The molecule has 3 aromatic rings. The zero-order chi connectivity index (χ0) is 17.8. The molecule has 1 unspecified atom stereocenters. The second-order valence-electron chi connectivity index (χ2n) is 5.78. The summed E-state index contributed by atoms with van der Waals surface area (Å²) in [4.78, 5) is 17.3. The highest BCUT2D eigenvalue weighted by atomic mass is 32.2. The van der Waals surface area contributed by atoms with Crippen LogP contribution in [0.2, 0.25) is 0 Å². The summed E-state index contributed by atoms with van der Waals surface area (Å²) in [7, 11) is -1.37. The van der Waals surface area contributed by atoms with Gasteiger partial charge >= 0.3 is 0 Å². The summed E-state index contributed by atoms with van der Waals surface area (Å²) in [5.41, 5.74) is 3.28. The van der Waals surface area contributed by atoms with Crippen LogP contribution in [0.1, 0.15) is 27.2 Å². The zero-order valence-electron chi connectivity index (χ0n) is 14.1. The topological polar surface area (TPSA) is 64.0 Å². The standard InChI is InChI=1S/C19H19N3O2S/c1-14-7-8-17(20-11-14)12-21-19(23)16-9-10-22(13-16)25(24)18-6-4-3-5-15(18)2/h3-11,13H,12H2,1-2H3,(H,21,23). The van der Waals surface area contributed by atoms with Crippen LogP contribution in [0, 0.1) is 13.8 Å². The molecule has 5 nitrogen and oxygen atoms in total. The van der Waals surface area contributed by atoms with E-state index >= 15 is 0 Å². The van der Waals surface area contributed by atoms with Crippen molar-refractivity contribution in [3.8, 4) is 0 Å². The fraction of sp³-hybridized carbons (Fsp3) is 0.158. The molecular weight excluding hydrogens is 334 g/mol. The van der Waals surface area contributed by atoms with Gasteiger partial charge < -0.3 is 5.32 Å². The second-order valence-corrected chi connectivity index (χ2v) is 7.14. The lowest BCUT2D eigenvalue weighted by molar-refractivity contribution is 0.0950. The fourth-order valence-corrected chi connectivity index (χ4v) is 3.50. The van der Waals surface area contributed by atoms with Gasteiger partial charge in [-0.25, -0.2) is 4.21 Å². The Morgan fingerprint density at radius 1 is 1.16 bits per heavy atom. The van der Waals surface area contributed by atoms with Crippen LogP contribution >= 0.6 is 0 Å². The van der Waals surface area contributed by atoms with Crippen molar-refractivity contribution in [3.05, 3.63) is 83.4 Å². The minimum atomic E-state index is -1.37. The molecule has 0 aliphatic rings. The first kappa shape index (κ1) is 17.1. The zero-order valence-corrected chi connectivity index (χ0v) is 14.9. The number of hydrogen-bond acceptors (Lipinski definition) is 3. The van der Waals surface area contributed by atoms with E-state index in [0.29, 0.717) is 12.1 Å². The van der Waals surface area contributed by atoms with Gasteiger partial charge in [0, 0.05) is 18.6 Å². The molecule has 0 saturated carbocycles. The molecule has 1 atom stereocenters. The molecule has 0 fully saturated rings. The van der Waals surface area contributed by atoms with Crippen molar-refractivity contribution in [2.24, 2.45) is 0 Å². The number of rotatable bonds is 5. The number of carbonyl (C=O) groups excluding carboxylic acids is 1. The molecule has 0 aliphatic heterocycles. The lowest BCUT2D eigenvalue weighted by Gasteiger charge is -2.06. The van der Waals surface area contributed by atoms with Gasteiger partial charge in [-0.15, -0.1) is 0 Å². The van der Waals surface area contributed by atoms with Crippen molar-refractivity contribution in [1.82, 2.24) is 14.3 Å². The van der Waals surface area contributed by atoms with Gasteiger partial charge in [0.05, 0.1) is 22.7 Å². The first-order valence-corrected chi connectivity index (χ1v) is 9.01. The van der Waals surface area contributed by atoms with E-state index in [2.05, 4.69) is 10.3 Å². The van der Waals surface area contributed by atoms with Gasteiger partial charge in [-0.05, 0) is 43.2 Å². The Bertz CT molecular complexity index is 916. The van der Waals surface area contributed by atoms with E-state index < -0.39 is 11.0 Å². The SMILES string of the molecule is Cc1ccc(CNC(=O)c2ccn(S(=O)c3ccccc3C)c2)nc1. The largest absolute Gasteiger partial charge is 0.346 e. The average Bonchev–Trinajstić information content (AvgIpc) is 3.11. The Morgan fingerprint density at radius 3 is 2.68 bits per heavy atom. The number of aromatic nitrogens is 2. The summed E-state index contributed by atoms with van der Waals surface area (Å²) in [5, 5.41) is 2.82. The van der Waals surface area contributed by atoms with Crippen molar-refractivity contribution in [2.45, 2.75) is 25.3 Å². The number of carbonyl (C=O) groups is 1. The molecule has 2 heterocycles. The first-order chi connectivity index (χ1) is 12.0. The number of hydrogen-bond donors (Lipinski definition) is 1. The smallest absolute Gasteiger partial charge is 0.253 e. The lowest BCUT2D eigenvalue weighted by Crippen LogP contribution is -2.23. The molecule has 128 valence electrons. The van der Waals surface area contributed by atoms with Crippen LogP contribution in [0.25, 0.3) is 0 Å². The van der Waals surface area contributed by atoms with Gasteiger partial charge in [-0.2, -0.15) is 0 Å². The minimum absolute atomic E-state index is 0.220. The summed E-state index contributed by atoms with van der Waals surface area (Å²) in [6.45, 7) is 4.23. The first-order valence-electron chi connectivity index (χ1n) is 7.90. The van der Waals surface area contributed by atoms with E-state index in [-0.39, 0.29) is 5.91 Å². The Hall–Kier alpha value is -2.73. The van der Waals surface area contributed by atoms with Crippen LogP contribution in [-0.4, -0.2) is 19.1 Å². The van der Waals surface area contributed by atoms with Crippen molar-refractivity contribution in [2.75, 3.05) is 0 Å². The number of benzene rings is 1. The van der Waals surface area contributed by atoms with Gasteiger partial charge in [0.25, 0.3) is 5.91 Å². The molecule has 0 bridgehead atoms. The summed E-state index contributed by atoms with van der Waals surface area (Å²) < 4.78 is 14.2. The van der Waals surface area contributed by atoms with E-state index in [1.807, 2.05) is 50.2 Å². The Kier molecular flexibility index (Phi) is 5.09. The molecular formula is C19H19N3O2S. The molecule has 0 aliphatic carbocycles. The van der Waals surface area contributed by atoms with Gasteiger partial charge in [0.1, 0.15) is 0 Å². The predicted molar refractivity (Wildman–Crippen MR) is 97.6 cm³/mol. The Balaban J connectivity index is 1.68. The summed E-state index contributed by atoms with van der Waals surface area (Å²) >= 11 is 0. The molecule has 1 N–H and O–H groups in total. The van der Waals surface area contributed by atoms with Crippen molar-refractivity contribution in [1.29, 1.82) is 0 Å². The number of nitrogens with one attached hydrogen (secondary N) is 1. The highest BCUT2D eigenvalue weighted by molar-refractivity contribution is 7.83. The third kappa shape index (κ3) is 4.03. The summed E-state index contributed by atoms with van der Waals surface area (Å²) in [6, 6.07) is 13.0. The highest BCUT2D eigenvalue weighted by Gasteiger charge is 2.12. The highest BCUT2D eigenvalue weighted by Crippen LogP contribution is 2.15. The quantitative estimate of drug-likeness (QED) is 0.767. The van der Waals surface area contributed by atoms with Gasteiger partial charge in [-0.3, -0.25) is 13.8 Å². The lowest BCUT2D eigenvalue weighted by atomic mass is 10.2. The van der Waals surface area contributed by atoms with Gasteiger partial charge in [-0.1, -0.05) is 24.3 Å². The van der Waals surface area contributed by atoms with Crippen LogP contribution in [0.15, 0.2) is 66.0 Å². The van der Waals surface area contributed by atoms with E-state index in [1.54, 1.807) is 28.6 Å². The maximum Gasteiger partial charge on any atom is 0.253 e. The fourth-order valence-electron chi connectivity index (χ4n) is 2.36.